The lowest BCUT2D eigenvalue weighted by Crippen LogP contribution is -2.16. The lowest BCUT2D eigenvalue weighted by molar-refractivity contribution is 0.255. The number of hydrogen-bond acceptors (Lipinski definition) is 5. The molecule has 0 radical (unpaired) electrons. The van der Waals surface area contributed by atoms with Gasteiger partial charge >= 0.3 is 0 Å². The fraction of sp³-hybridized carbons (Fsp3) is 0.692. The first kappa shape index (κ1) is 14.7. The first-order valence-electron chi connectivity index (χ1n) is 6.59. The molecule has 0 aliphatic carbocycles. The maximum atomic E-state index is 9.00. The first-order valence-corrected chi connectivity index (χ1v) is 6.59. The van der Waals surface area contributed by atoms with Gasteiger partial charge in [0.15, 0.2) is 0 Å². The third-order valence-corrected chi connectivity index (χ3v) is 2.74. The fourth-order valence-electron chi connectivity index (χ4n) is 1.85. The predicted molar refractivity (Wildman–Crippen MR) is 71.8 cm³/mol. The molecule has 0 saturated carbocycles. The van der Waals surface area contributed by atoms with Gasteiger partial charge in [0.2, 0.25) is 5.88 Å². The second-order valence-corrected chi connectivity index (χ2v) is 4.22. The van der Waals surface area contributed by atoms with E-state index in [1.165, 1.54) is 6.33 Å². The number of rotatable bonds is 9. The zero-order valence-corrected chi connectivity index (χ0v) is 11.2. The van der Waals surface area contributed by atoms with Crippen LogP contribution < -0.4 is 10.1 Å². The quantitative estimate of drug-likeness (QED) is 0.705. The zero-order valence-electron chi connectivity index (χ0n) is 11.2. The first-order chi connectivity index (χ1) is 8.80. The Bertz CT molecular complexity index is 328. The van der Waals surface area contributed by atoms with Crippen molar-refractivity contribution in [2.75, 3.05) is 25.1 Å². The Morgan fingerprint density at radius 3 is 2.83 bits per heavy atom. The minimum absolute atomic E-state index is 0.236. The van der Waals surface area contributed by atoms with E-state index >= 15 is 0 Å². The highest BCUT2D eigenvalue weighted by atomic mass is 16.5. The molecule has 102 valence electrons. The molecule has 1 rings (SSSR count). The number of aliphatic hydroxyl groups is 1. The zero-order chi connectivity index (χ0) is 13.2. The van der Waals surface area contributed by atoms with Gasteiger partial charge in [-0.1, -0.05) is 13.3 Å². The number of anilines is 1. The largest absolute Gasteiger partial charge is 0.478 e. The molecule has 5 heteroatoms. The molecule has 0 bridgehead atoms. The monoisotopic (exact) mass is 253 g/mol. The molecule has 0 fully saturated rings. The van der Waals surface area contributed by atoms with Crippen LogP contribution in [0.1, 0.15) is 33.1 Å². The van der Waals surface area contributed by atoms with E-state index in [9.17, 15) is 0 Å². The van der Waals surface area contributed by atoms with Crippen LogP contribution >= 0.6 is 0 Å². The predicted octanol–water partition coefficient (Wildman–Crippen LogP) is 2.09. The van der Waals surface area contributed by atoms with Crippen LogP contribution in [0.4, 0.5) is 5.82 Å². The molecular weight excluding hydrogens is 230 g/mol. The summed E-state index contributed by atoms with van der Waals surface area (Å²) in [7, 11) is 0. The Morgan fingerprint density at radius 2 is 2.17 bits per heavy atom. The number of aliphatic hydroxyl groups excluding tert-OH is 1. The minimum Gasteiger partial charge on any atom is -0.478 e. The Kier molecular flexibility index (Phi) is 7.10. The molecule has 0 amide bonds. The van der Waals surface area contributed by atoms with Gasteiger partial charge in [-0.15, -0.1) is 0 Å². The number of nitrogens with zero attached hydrogens (tertiary/aromatic N) is 2. The maximum absolute atomic E-state index is 9.00. The van der Waals surface area contributed by atoms with Crippen LogP contribution in [0, 0.1) is 5.92 Å². The Hall–Kier alpha value is -1.36. The summed E-state index contributed by atoms with van der Waals surface area (Å²) in [6.45, 7) is 5.73. The summed E-state index contributed by atoms with van der Waals surface area (Å²) in [6.07, 6.45) is 4.55. The van der Waals surface area contributed by atoms with Crippen molar-refractivity contribution in [3.05, 3.63) is 12.4 Å². The van der Waals surface area contributed by atoms with Crippen LogP contribution in [0.15, 0.2) is 12.4 Å². The molecule has 1 heterocycles. The highest BCUT2D eigenvalue weighted by Crippen LogP contribution is 2.14. The second-order valence-electron chi connectivity index (χ2n) is 4.22. The van der Waals surface area contributed by atoms with Crippen molar-refractivity contribution in [1.29, 1.82) is 0 Å². The summed E-state index contributed by atoms with van der Waals surface area (Å²) in [5, 5.41) is 12.3. The topological polar surface area (TPSA) is 67.3 Å². The van der Waals surface area contributed by atoms with E-state index < -0.39 is 0 Å². The number of nitrogens with one attached hydrogen (secondary N) is 1. The number of ether oxygens (including phenoxy) is 1. The standard InChI is InChI=1S/C13H23N3O2/c1-3-5-11(6-7-17)9-14-12-8-13(18-4-2)16-10-15-12/h8,10-11,17H,3-7,9H2,1-2H3,(H,14,15,16). The summed E-state index contributed by atoms with van der Waals surface area (Å²) in [6, 6.07) is 1.80. The molecule has 1 unspecified atom stereocenters. The van der Waals surface area contributed by atoms with Gasteiger partial charge in [-0.25, -0.2) is 9.97 Å². The second kappa shape index (κ2) is 8.69. The Labute approximate surface area is 109 Å². The van der Waals surface area contributed by atoms with Crippen LogP contribution in [-0.2, 0) is 0 Å². The van der Waals surface area contributed by atoms with Gasteiger partial charge in [0, 0.05) is 19.2 Å². The lowest BCUT2D eigenvalue weighted by atomic mass is 10.0. The Balaban J connectivity index is 2.47. The molecule has 1 atom stereocenters. The van der Waals surface area contributed by atoms with E-state index in [1.54, 1.807) is 6.07 Å². The normalized spacial score (nSPS) is 12.2. The van der Waals surface area contributed by atoms with Crippen molar-refractivity contribution in [2.24, 2.45) is 5.92 Å². The molecule has 0 saturated heterocycles. The van der Waals surface area contributed by atoms with Crippen LogP contribution in [-0.4, -0.2) is 34.8 Å². The number of aromatic nitrogens is 2. The highest BCUT2D eigenvalue weighted by Gasteiger charge is 2.07. The smallest absolute Gasteiger partial charge is 0.218 e. The SMILES string of the molecule is CCCC(CCO)CNc1cc(OCC)ncn1. The van der Waals surface area contributed by atoms with E-state index in [0.717, 1.165) is 31.6 Å². The van der Waals surface area contributed by atoms with Gasteiger partial charge in [0.05, 0.1) is 6.61 Å². The van der Waals surface area contributed by atoms with Crippen LogP contribution in [0.3, 0.4) is 0 Å². The van der Waals surface area contributed by atoms with Gasteiger partial charge in [-0.05, 0) is 25.7 Å². The lowest BCUT2D eigenvalue weighted by Gasteiger charge is -2.16. The van der Waals surface area contributed by atoms with Gasteiger partial charge in [0.25, 0.3) is 0 Å². The molecule has 0 aromatic carbocycles. The molecule has 0 aliphatic heterocycles. The summed E-state index contributed by atoms with van der Waals surface area (Å²) in [4.78, 5) is 8.16. The van der Waals surface area contributed by atoms with E-state index in [2.05, 4.69) is 22.2 Å². The van der Waals surface area contributed by atoms with Crippen molar-refractivity contribution >= 4 is 5.82 Å². The van der Waals surface area contributed by atoms with Crippen molar-refractivity contribution in [2.45, 2.75) is 33.1 Å². The third-order valence-electron chi connectivity index (χ3n) is 2.74. The van der Waals surface area contributed by atoms with E-state index in [-0.39, 0.29) is 6.61 Å². The Morgan fingerprint density at radius 1 is 1.33 bits per heavy atom. The molecule has 1 aromatic rings. The van der Waals surface area contributed by atoms with E-state index in [1.807, 2.05) is 6.92 Å². The third kappa shape index (κ3) is 5.31. The average molecular weight is 253 g/mol. The van der Waals surface area contributed by atoms with E-state index in [0.29, 0.717) is 18.4 Å². The van der Waals surface area contributed by atoms with Crippen molar-refractivity contribution < 1.29 is 9.84 Å². The molecule has 1 aromatic heterocycles. The van der Waals surface area contributed by atoms with Crippen molar-refractivity contribution in [3.8, 4) is 5.88 Å². The average Bonchev–Trinajstić information content (AvgIpc) is 2.37. The van der Waals surface area contributed by atoms with Crippen LogP contribution in [0.2, 0.25) is 0 Å². The fourth-order valence-corrected chi connectivity index (χ4v) is 1.85. The molecule has 2 N–H and O–H groups in total. The van der Waals surface area contributed by atoms with Gasteiger partial charge < -0.3 is 15.2 Å². The summed E-state index contributed by atoms with van der Waals surface area (Å²) in [5.41, 5.74) is 0. The van der Waals surface area contributed by atoms with Gasteiger partial charge in [-0.2, -0.15) is 0 Å². The minimum atomic E-state index is 0.236. The van der Waals surface area contributed by atoms with Crippen molar-refractivity contribution in [3.63, 3.8) is 0 Å². The molecule has 5 nitrogen and oxygen atoms in total. The maximum Gasteiger partial charge on any atom is 0.218 e. The molecular formula is C13H23N3O2. The highest BCUT2D eigenvalue weighted by molar-refractivity contribution is 5.36. The van der Waals surface area contributed by atoms with E-state index in [4.69, 9.17) is 9.84 Å². The molecule has 0 aliphatic rings. The van der Waals surface area contributed by atoms with Crippen LogP contribution in [0.25, 0.3) is 0 Å². The van der Waals surface area contributed by atoms with Crippen molar-refractivity contribution in [1.82, 2.24) is 9.97 Å². The van der Waals surface area contributed by atoms with Gasteiger partial charge in [-0.3, -0.25) is 0 Å². The molecule has 0 spiro atoms. The van der Waals surface area contributed by atoms with Gasteiger partial charge in [0.1, 0.15) is 12.1 Å². The summed E-state index contributed by atoms with van der Waals surface area (Å²) >= 11 is 0. The summed E-state index contributed by atoms with van der Waals surface area (Å²) < 4.78 is 5.32. The summed E-state index contributed by atoms with van der Waals surface area (Å²) in [5.74, 6) is 1.84. The molecule has 18 heavy (non-hydrogen) atoms. The van der Waals surface area contributed by atoms with Crippen LogP contribution in [0.5, 0.6) is 5.88 Å². The number of hydrogen-bond donors (Lipinski definition) is 2.